The number of fused-ring (bicyclic) bond motifs is 3. The van der Waals surface area contributed by atoms with E-state index in [9.17, 15) is 4.79 Å². The van der Waals surface area contributed by atoms with Crippen molar-refractivity contribution in [3.8, 4) is 17.0 Å². The highest BCUT2D eigenvalue weighted by Gasteiger charge is 2.24. The Morgan fingerprint density at radius 1 is 1.18 bits per heavy atom. The summed E-state index contributed by atoms with van der Waals surface area (Å²) >= 11 is 0. The van der Waals surface area contributed by atoms with Crippen LogP contribution in [0, 0.1) is 0 Å². The molecule has 4 heterocycles. The van der Waals surface area contributed by atoms with Crippen molar-refractivity contribution in [3.63, 3.8) is 0 Å². The van der Waals surface area contributed by atoms with Gasteiger partial charge in [-0.1, -0.05) is 12.1 Å². The molecule has 10 nitrogen and oxygen atoms in total. The largest absolute Gasteiger partial charge is 0.486 e. The Kier molecular flexibility index (Phi) is 5.31. The molecule has 0 fully saturated rings. The number of carbonyl (C=O) groups is 1. The smallest absolute Gasteiger partial charge is 0.343 e. The van der Waals surface area contributed by atoms with Crippen LogP contribution in [0.5, 0.6) is 5.75 Å². The molecule has 0 saturated heterocycles. The van der Waals surface area contributed by atoms with E-state index in [1.165, 1.54) is 6.20 Å². The van der Waals surface area contributed by atoms with Crippen molar-refractivity contribution < 1.29 is 14.3 Å². The van der Waals surface area contributed by atoms with E-state index < -0.39 is 5.97 Å². The molecule has 1 aliphatic heterocycles. The Bertz CT molecular complexity index is 1320. The molecule has 33 heavy (non-hydrogen) atoms. The molecule has 0 atom stereocenters. The molecule has 166 valence electrons. The number of nitrogens with one attached hydrogen (secondary N) is 2. The summed E-state index contributed by atoms with van der Waals surface area (Å²) in [4.78, 5) is 25.6. The number of hydrogen-bond donors (Lipinski definition) is 2. The number of esters is 1. The molecule has 0 amide bonds. The minimum absolute atomic E-state index is 0.204. The molecule has 1 aromatic carbocycles. The van der Waals surface area contributed by atoms with E-state index in [1.54, 1.807) is 23.9 Å². The summed E-state index contributed by atoms with van der Waals surface area (Å²) in [5.74, 6) is 1.25. The lowest BCUT2D eigenvalue weighted by molar-refractivity contribution is 0.0526. The van der Waals surface area contributed by atoms with Crippen LogP contribution < -0.4 is 15.4 Å². The van der Waals surface area contributed by atoms with Gasteiger partial charge in [0.1, 0.15) is 23.7 Å². The number of aromatic nitrogens is 5. The number of nitrogens with zero attached hydrogens (tertiary/aromatic N) is 5. The van der Waals surface area contributed by atoms with Gasteiger partial charge in [-0.25, -0.2) is 14.8 Å². The van der Waals surface area contributed by atoms with Gasteiger partial charge in [-0.15, -0.1) is 0 Å². The molecule has 5 rings (SSSR count). The van der Waals surface area contributed by atoms with Crippen molar-refractivity contribution in [2.24, 2.45) is 7.05 Å². The van der Waals surface area contributed by atoms with Gasteiger partial charge in [-0.3, -0.25) is 4.68 Å². The quantitative estimate of drug-likeness (QED) is 0.429. The third-order valence-corrected chi connectivity index (χ3v) is 4.99. The zero-order chi connectivity index (χ0) is 22.8. The van der Waals surface area contributed by atoms with E-state index in [2.05, 4.69) is 30.7 Å². The Morgan fingerprint density at radius 2 is 2.09 bits per heavy atom. The molecule has 0 radical (unpaired) electrons. The fourth-order valence-electron chi connectivity index (χ4n) is 3.57. The van der Waals surface area contributed by atoms with Crippen LogP contribution in [-0.4, -0.2) is 37.3 Å². The molecule has 0 saturated carbocycles. The first-order valence-electron chi connectivity index (χ1n) is 10.4. The fourth-order valence-corrected chi connectivity index (χ4v) is 3.57. The number of benzene rings is 1. The van der Waals surface area contributed by atoms with Crippen molar-refractivity contribution in [2.75, 3.05) is 17.2 Å². The Hall–Kier alpha value is -4.47. The lowest BCUT2D eigenvalue weighted by atomic mass is 10.0. The maximum absolute atomic E-state index is 12.6. The highest BCUT2D eigenvalue weighted by Crippen LogP contribution is 2.42. The van der Waals surface area contributed by atoms with Gasteiger partial charge in [0.25, 0.3) is 0 Å². The maximum atomic E-state index is 12.6. The molecule has 2 N–H and O–H groups in total. The minimum atomic E-state index is -0.526. The van der Waals surface area contributed by atoms with Crippen LogP contribution in [0.3, 0.4) is 0 Å². The summed E-state index contributed by atoms with van der Waals surface area (Å²) in [5, 5.41) is 10.8. The van der Waals surface area contributed by atoms with Crippen molar-refractivity contribution in [1.82, 2.24) is 24.7 Å². The van der Waals surface area contributed by atoms with E-state index in [4.69, 9.17) is 9.47 Å². The van der Waals surface area contributed by atoms with Gasteiger partial charge in [0, 0.05) is 36.8 Å². The van der Waals surface area contributed by atoms with Gasteiger partial charge in [-0.05, 0) is 31.2 Å². The number of carbonyl (C=O) groups excluding carboxylic acids is 1. The highest BCUT2D eigenvalue weighted by molar-refractivity contribution is 5.96. The number of anilines is 4. The predicted molar refractivity (Wildman–Crippen MR) is 122 cm³/mol. The van der Waals surface area contributed by atoms with E-state index in [0.29, 0.717) is 23.9 Å². The molecule has 1 aliphatic rings. The highest BCUT2D eigenvalue weighted by atomic mass is 16.5. The lowest BCUT2D eigenvalue weighted by Crippen LogP contribution is -2.13. The zero-order valence-electron chi connectivity index (χ0n) is 18.1. The molecule has 4 aromatic rings. The number of rotatable bonds is 6. The summed E-state index contributed by atoms with van der Waals surface area (Å²) in [5.41, 5.74) is 3.60. The SMILES string of the molecule is CCOC(=O)c1cnc(Nc2ccccn2)nc1Nc1cccc2c1OCc1cn(C)nc1-2. The van der Waals surface area contributed by atoms with Gasteiger partial charge >= 0.3 is 5.97 Å². The first kappa shape index (κ1) is 20.4. The maximum Gasteiger partial charge on any atom is 0.343 e. The molecular formula is C23H21N7O3. The van der Waals surface area contributed by atoms with Crippen molar-refractivity contribution in [1.29, 1.82) is 0 Å². The normalized spacial score (nSPS) is 11.7. The first-order chi connectivity index (χ1) is 16.1. The van der Waals surface area contributed by atoms with Gasteiger partial charge in [0.05, 0.1) is 12.3 Å². The molecule has 0 bridgehead atoms. The lowest BCUT2D eigenvalue weighted by Gasteiger charge is -2.21. The average molecular weight is 443 g/mol. The molecular weight excluding hydrogens is 422 g/mol. The summed E-state index contributed by atoms with van der Waals surface area (Å²) in [7, 11) is 1.88. The Morgan fingerprint density at radius 3 is 2.91 bits per heavy atom. The van der Waals surface area contributed by atoms with Gasteiger partial charge in [-0.2, -0.15) is 10.1 Å². The van der Waals surface area contributed by atoms with Crippen LogP contribution in [0.25, 0.3) is 11.3 Å². The van der Waals surface area contributed by atoms with Crippen LogP contribution >= 0.6 is 0 Å². The van der Waals surface area contributed by atoms with E-state index in [0.717, 1.165) is 16.8 Å². The summed E-state index contributed by atoms with van der Waals surface area (Å²) in [6.07, 6.45) is 5.02. The molecule has 0 spiro atoms. The molecule has 0 aliphatic carbocycles. The van der Waals surface area contributed by atoms with Crippen LogP contribution in [0.15, 0.2) is 55.0 Å². The number of pyridine rings is 1. The number of ether oxygens (including phenoxy) is 2. The van der Waals surface area contributed by atoms with E-state index >= 15 is 0 Å². The van der Waals surface area contributed by atoms with Crippen LogP contribution in [-0.2, 0) is 18.4 Å². The predicted octanol–water partition coefficient (Wildman–Crippen LogP) is 3.83. The number of aryl methyl sites for hydroxylation is 1. The van der Waals surface area contributed by atoms with Crippen molar-refractivity contribution >= 4 is 29.2 Å². The zero-order valence-corrected chi connectivity index (χ0v) is 18.1. The topological polar surface area (TPSA) is 116 Å². The Balaban J connectivity index is 1.53. The van der Waals surface area contributed by atoms with Gasteiger partial charge < -0.3 is 20.1 Å². The second kappa shape index (κ2) is 8.58. The second-order valence-electron chi connectivity index (χ2n) is 7.29. The summed E-state index contributed by atoms with van der Waals surface area (Å²) in [6, 6.07) is 11.2. The standard InChI is InChI=1S/C23H21N7O3/c1-3-32-22(31)16-11-25-23(27-18-9-4-5-10-24-18)28-21(16)26-17-8-6-7-15-19-14(12-30(2)29-19)13-33-20(15)17/h4-12H,3,13H2,1-2H3,(H2,24,25,26,27,28). The van der Waals surface area contributed by atoms with Crippen LogP contribution in [0.1, 0.15) is 22.8 Å². The minimum Gasteiger partial charge on any atom is -0.486 e. The average Bonchev–Trinajstić information content (AvgIpc) is 3.21. The van der Waals surface area contributed by atoms with Crippen LogP contribution in [0.2, 0.25) is 0 Å². The van der Waals surface area contributed by atoms with E-state index in [1.807, 2.05) is 43.6 Å². The monoisotopic (exact) mass is 443 g/mol. The number of para-hydroxylation sites is 1. The second-order valence-corrected chi connectivity index (χ2v) is 7.29. The van der Waals surface area contributed by atoms with Crippen molar-refractivity contribution in [2.45, 2.75) is 13.5 Å². The summed E-state index contributed by atoms with van der Waals surface area (Å²) in [6.45, 7) is 2.38. The van der Waals surface area contributed by atoms with E-state index in [-0.39, 0.29) is 23.9 Å². The molecule has 0 unspecified atom stereocenters. The van der Waals surface area contributed by atoms with Crippen LogP contribution in [0.4, 0.5) is 23.3 Å². The van der Waals surface area contributed by atoms with Crippen molar-refractivity contribution in [3.05, 3.63) is 66.1 Å². The fraction of sp³-hybridized carbons (Fsp3) is 0.174. The van der Waals surface area contributed by atoms with Gasteiger partial charge in [0.2, 0.25) is 5.95 Å². The number of hydrogen-bond acceptors (Lipinski definition) is 9. The third-order valence-electron chi connectivity index (χ3n) is 4.99. The summed E-state index contributed by atoms with van der Waals surface area (Å²) < 4.78 is 13.0. The third kappa shape index (κ3) is 4.05. The van der Waals surface area contributed by atoms with Gasteiger partial charge in [0.15, 0.2) is 11.6 Å². The molecule has 3 aromatic heterocycles. The first-order valence-corrected chi connectivity index (χ1v) is 10.4. The Labute approximate surface area is 189 Å². The molecule has 10 heteroatoms.